The van der Waals surface area contributed by atoms with Crippen LogP contribution in [0.25, 0.3) is 11.3 Å². The molecule has 0 saturated carbocycles. The van der Waals surface area contributed by atoms with Crippen LogP contribution in [0.4, 0.5) is 0 Å². The van der Waals surface area contributed by atoms with Gasteiger partial charge in [0.05, 0.1) is 10.7 Å². The maximum atomic E-state index is 11.7. The van der Waals surface area contributed by atoms with Crippen LogP contribution in [0.3, 0.4) is 0 Å². The van der Waals surface area contributed by atoms with Crippen LogP contribution >= 0.6 is 11.3 Å². The summed E-state index contributed by atoms with van der Waals surface area (Å²) < 4.78 is 0. The Morgan fingerprint density at radius 2 is 2.05 bits per heavy atom. The van der Waals surface area contributed by atoms with Crippen molar-refractivity contribution in [2.24, 2.45) is 0 Å². The van der Waals surface area contributed by atoms with Gasteiger partial charge in [0.1, 0.15) is 0 Å². The Balaban J connectivity index is 1.79. The van der Waals surface area contributed by atoms with Gasteiger partial charge in [0.25, 0.3) is 0 Å². The van der Waals surface area contributed by atoms with Gasteiger partial charge in [-0.05, 0) is 14.1 Å². The fourth-order valence-corrected chi connectivity index (χ4v) is 2.70. The molecular formula is C16H21N3OS. The average molecular weight is 303 g/mol. The first-order valence-electron chi connectivity index (χ1n) is 7.06. The maximum Gasteiger partial charge on any atom is 0.220 e. The lowest BCUT2D eigenvalue weighted by molar-refractivity contribution is -0.121. The van der Waals surface area contributed by atoms with E-state index >= 15 is 0 Å². The second-order valence-corrected chi connectivity index (χ2v) is 6.09. The van der Waals surface area contributed by atoms with Crippen LogP contribution in [0.2, 0.25) is 0 Å². The molecular weight excluding hydrogens is 282 g/mol. The molecule has 0 radical (unpaired) electrons. The molecule has 1 aromatic heterocycles. The van der Waals surface area contributed by atoms with Gasteiger partial charge in [-0.25, -0.2) is 4.98 Å². The Kier molecular flexibility index (Phi) is 5.90. The van der Waals surface area contributed by atoms with E-state index in [0.29, 0.717) is 19.4 Å². The second-order valence-electron chi connectivity index (χ2n) is 5.15. The molecule has 21 heavy (non-hydrogen) atoms. The molecule has 0 aliphatic carbocycles. The number of amides is 1. The minimum atomic E-state index is 0.0910. The van der Waals surface area contributed by atoms with Crippen molar-refractivity contribution in [1.82, 2.24) is 15.2 Å². The first-order chi connectivity index (χ1) is 10.1. The first-order valence-corrected chi connectivity index (χ1v) is 7.94. The van der Waals surface area contributed by atoms with Gasteiger partial charge in [0, 0.05) is 36.9 Å². The van der Waals surface area contributed by atoms with E-state index < -0.39 is 0 Å². The SMILES string of the molecule is CN(C)CCNC(=O)CCc1nc(-c2ccccc2)cs1. The molecule has 2 aromatic rings. The van der Waals surface area contributed by atoms with E-state index in [2.05, 4.69) is 15.7 Å². The number of hydrogen-bond donors (Lipinski definition) is 1. The van der Waals surface area contributed by atoms with Crippen molar-refractivity contribution in [1.29, 1.82) is 0 Å². The van der Waals surface area contributed by atoms with Gasteiger partial charge in [0.2, 0.25) is 5.91 Å². The van der Waals surface area contributed by atoms with Crippen LogP contribution in [-0.4, -0.2) is 43.0 Å². The highest BCUT2D eigenvalue weighted by molar-refractivity contribution is 7.09. The third-order valence-corrected chi connectivity index (χ3v) is 3.98. The summed E-state index contributed by atoms with van der Waals surface area (Å²) in [5.74, 6) is 0.0910. The van der Waals surface area contributed by atoms with Gasteiger partial charge >= 0.3 is 0 Å². The molecule has 0 aliphatic rings. The number of aromatic nitrogens is 1. The number of carbonyl (C=O) groups is 1. The number of thiazole rings is 1. The third kappa shape index (κ3) is 5.28. The van der Waals surface area contributed by atoms with Crippen LogP contribution in [-0.2, 0) is 11.2 Å². The first kappa shape index (κ1) is 15.7. The molecule has 1 heterocycles. The highest BCUT2D eigenvalue weighted by Crippen LogP contribution is 2.22. The Morgan fingerprint density at radius 1 is 1.29 bits per heavy atom. The van der Waals surface area contributed by atoms with E-state index in [1.165, 1.54) is 0 Å². The fraction of sp³-hybridized carbons (Fsp3) is 0.375. The van der Waals surface area contributed by atoms with Crippen LogP contribution < -0.4 is 5.32 Å². The summed E-state index contributed by atoms with van der Waals surface area (Å²) in [4.78, 5) is 18.4. The molecule has 0 unspecified atom stereocenters. The van der Waals surface area contributed by atoms with E-state index in [-0.39, 0.29) is 5.91 Å². The molecule has 1 N–H and O–H groups in total. The zero-order valence-electron chi connectivity index (χ0n) is 12.5. The van der Waals surface area contributed by atoms with Crippen molar-refractivity contribution < 1.29 is 4.79 Å². The largest absolute Gasteiger partial charge is 0.355 e. The van der Waals surface area contributed by atoms with Gasteiger partial charge in [-0.2, -0.15) is 0 Å². The predicted octanol–water partition coefficient (Wildman–Crippen LogP) is 2.42. The maximum absolute atomic E-state index is 11.7. The van der Waals surface area contributed by atoms with Crippen molar-refractivity contribution in [2.75, 3.05) is 27.2 Å². The Bertz CT molecular complexity index is 566. The molecule has 0 fully saturated rings. The molecule has 0 atom stereocenters. The number of benzene rings is 1. The van der Waals surface area contributed by atoms with Gasteiger partial charge in [-0.15, -0.1) is 11.3 Å². The second kappa shape index (κ2) is 7.90. The van der Waals surface area contributed by atoms with E-state index in [4.69, 9.17) is 0 Å². The summed E-state index contributed by atoms with van der Waals surface area (Å²) in [6, 6.07) is 10.1. The van der Waals surface area contributed by atoms with Crippen molar-refractivity contribution in [3.63, 3.8) is 0 Å². The quantitative estimate of drug-likeness (QED) is 0.854. The molecule has 0 spiro atoms. The van der Waals surface area contributed by atoms with Crippen molar-refractivity contribution >= 4 is 17.2 Å². The normalized spacial score (nSPS) is 10.8. The smallest absolute Gasteiger partial charge is 0.220 e. The summed E-state index contributed by atoms with van der Waals surface area (Å²) >= 11 is 1.62. The summed E-state index contributed by atoms with van der Waals surface area (Å²) in [6.07, 6.45) is 1.19. The van der Waals surface area contributed by atoms with Crippen LogP contribution in [0, 0.1) is 0 Å². The minimum Gasteiger partial charge on any atom is -0.355 e. The lowest BCUT2D eigenvalue weighted by Gasteiger charge is -2.09. The average Bonchev–Trinajstić information content (AvgIpc) is 2.94. The lowest BCUT2D eigenvalue weighted by atomic mass is 10.2. The molecule has 0 aliphatic heterocycles. The Morgan fingerprint density at radius 3 is 2.76 bits per heavy atom. The zero-order chi connectivity index (χ0) is 15.1. The summed E-state index contributed by atoms with van der Waals surface area (Å²) in [6.45, 7) is 1.56. The Labute approximate surface area is 129 Å². The number of nitrogens with zero attached hydrogens (tertiary/aromatic N) is 2. The fourth-order valence-electron chi connectivity index (χ4n) is 1.89. The van der Waals surface area contributed by atoms with Crippen molar-refractivity contribution in [3.05, 3.63) is 40.7 Å². The highest BCUT2D eigenvalue weighted by Gasteiger charge is 2.07. The molecule has 0 bridgehead atoms. The molecule has 1 amide bonds. The van der Waals surface area contributed by atoms with Gasteiger partial charge in [-0.1, -0.05) is 30.3 Å². The highest BCUT2D eigenvalue weighted by atomic mass is 32.1. The van der Waals surface area contributed by atoms with Crippen molar-refractivity contribution in [2.45, 2.75) is 12.8 Å². The van der Waals surface area contributed by atoms with E-state index in [1.807, 2.05) is 49.3 Å². The molecule has 0 saturated heterocycles. The Hall–Kier alpha value is -1.72. The monoisotopic (exact) mass is 303 g/mol. The van der Waals surface area contributed by atoms with E-state index in [0.717, 1.165) is 22.8 Å². The van der Waals surface area contributed by atoms with Gasteiger partial charge < -0.3 is 10.2 Å². The number of likely N-dealkylation sites (N-methyl/N-ethyl adjacent to an activating group) is 1. The molecule has 2 rings (SSSR count). The number of carbonyl (C=O) groups excluding carboxylic acids is 1. The zero-order valence-corrected chi connectivity index (χ0v) is 13.3. The molecule has 4 nitrogen and oxygen atoms in total. The number of nitrogens with one attached hydrogen (secondary N) is 1. The molecule has 5 heteroatoms. The summed E-state index contributed by atoms with van der Waals surface area (Å²) in [5, 5.41) is 5.98. The third-order valence-electron chi connectivity index (χ3n) is 3.07. The van der Waals surface area contributed by atoms with Crippen LogP contribution in [0.1, 0.15) is 11.4 Å². The van der Waals surface area contributed by atoms with Crippen molar-refractivity contribution in [3.8, 4) is 11.3 Å². The number of aryl methyl sites for hydroxylation is 1. The van der Waals surface area contributed by atoms with Gasteiger partial charge in [-0.3, -0.25) is 4.79 Å². The summed E-state index contributed by atoms with van der Waals surface area (Å²) in [7, 11) is 3.99. The van der Waals surface area contributed by atoms with Crippen LogP contribution in [0.5, 0.6) is 0 Å². The van der Waals surface area contributed by atoms with E-state index in [1.54, 1.807) is 11.3 Å². The molecule has 1 aromatic carbocycles. The minimum absolute atomic E-state index is 0.0910. The summed E-state index contributed by atoms with van der Waals surface area (Å²) in [5.41, 5.74) is 2.11. The van der Waals surface area contributed by atoms with E-state index in [9.17, 15) is 4.79 Å². The standard InChI is InChI=1S/C16H21N3OS/c1-19(2)11-10-17-15(20)8-9-16-18-14(12-21-16)13-6-4-3-5-7-13/h3-7,12H,8-11H2,1-2H3,(H,17,20). The number of hydrogen-bond acceptors (Lipinski definition) is 4. The van der Waals surface area contributed by atoms with Gasteiger partial charge in [0.15, 0.2) is 0 Å². The topological polar surface area (TPSA) is 45.2 Å². The predicted molar refractivity (Wildman–Crippen MR) is 87.4 cm³/mol. The lowest BCUT2D eigenvalue weighted by Crippen LogP contribution is -2.31. The van der Waals surface area contributed by atoms with Crippen LogP contribution in [0.15, 0.2) is 35.7 Å². The molecule has 112 valence electrons. The number of rotatable bonds is 7.